The van der Waals surface area contributed by atoms with Gasteiger partial charge in [-0.15, -0.1) is 11.8 Å². The molecule has 1 unspecified atom stereocenters. The van der Waals surface area contributed by atoms with Crippen LogP contribution in [0, 0.1) is 0 Å². The minimum atomic E-state index is -2.27. The zero-order valence-electron chi connectivity index (χ0n) is 7.54. The molecule has 0 bridgehead atoms. The third-order valence-corrected chi connectivity index (χ3v) is 3.40. The minimum absolute atomic E-state index is 0.0881. The van der Waals surface area contributed by atoms with Gasteiger partial charge in [0.05, 0.1) is 6.54 Å². The fourth-order valence-electron chi connectivity index (χ4n) is 1.56. The molecule has 1 aliphatic rings. The molecule has 0 aromatic heterocycles. The fourth-order valence-corrected chi connectivity index (χ4v) is 2.76. The van der Waals surface area contributed by atoms with Gasteiger partial charge in [-0.05, 0) is 11.6 Å². The summed E-state index contributed by atoms with van der Waals surface area (Å²) in [5.41, 5.74) is 1.15. The molecule has 0 fully saturated rings. The summed E-state index contributed by atoms with van der Waals surface area (Å²) < 4.78 is 24.0. The van der Waals surface area contributed by atoms with Crippen LogP contribution in [0.3, 0.4) is 0 Å². The molecule has 1 aromatic carbocycles. The Morgan fingerprint density at radius 2 is 2.21 bits per heavy atom. The summed E-state index contributed by atoms with van der Waals surface area (Å²) in [6, 6.07) is 8.04. The van der Waals surface area contributed by atoms with Gasteiger partial charge in [0, 0.05) is 16.7 Å². The maximum Gasteiger partial charge on any atom is 0.250 e. The SMILES string of the molecule is FC(F)CNC1CSc2ccccc21. The Labute approximate surface area is 85.9 Å². The summed E-state index contributed by atoms with van der Waals surface area (Å²) in [7, 11) is 0. The van der Waals surface area contributed by atoms with E-state index in [4.69, 9.17) is 0 Å². The molecule has 4 heteroatoms. The van der Waals surface area contributed by atoms with Crippen LogP contribution < -0.4 is 5.32 Å². The van der Waals surface area contributed by atoms with Gasteiger partial charge in [0.2, 0.25) is 0 Å². The van der Waals surface area contributed by atoms with Crippen molar-refractivity contribution in [2.24, 2.45) is 0 Å². The highest BCUT2D eigenvalue weighted by molar-refractivity contribution is 7.99. The lowest BCUT2D eigenvalue weighted by Gasteiger charge is -2.12. The molecule has 1 heterocycles. The maximum absolute atomic E-state index is 12.0. The van der Waals surface area contributed by atoms with Gasteiger partial charge in [-0.25, -0.2) is 8.78 Å². The molecule has 0 aliphatic carbocycles. The Morgan fingerprint density at radius 1 is 1.43 bits per heavy atom. The van der Waals surface area contributed by atoms with Crippen LogP contribution in [-0.2, 0) is 0 Å². The first-order valence-corrected chi connectivity index (χ1v) is 5.49. The van der Waals surface area contributed by atoms with Gasteiger partial charge >= 0.3 is 0 Å². The van der Waals surface area contributed by atoms with E-state index in [9.17, 15) is 8.78 Å². The minimum Gasteiger partial charge on any atom is -0.304 e. The van der Waals surface area contributed by atoms with Crippen LogP contribution in [0.5, 0.6) is 0 Å². The van der Waals surface area contributed by atoms with E-state index in [-0.39, 0.29) is 12.6 Å². The van der Waals surface area contributed by atoms with Crippen molar-refractivity contribution in [3.63, 3.8) is 0 Å². The van der Waals surface area contributed by atoms with Crippen LogP contribution in [-0.4, -0.2) is 18.7 Å². The second-order valence-corrected chi connectivity index (χ2v) is 4.26. The quantitative estimate of drug-likeness (QED) is 0.832. The van der Waals surface area contributed by atoms with Gasteiger partial charge in [0.15, 0.2) is 0 Å². The van der Waals surface area contributed by atoms with Crippen molar-refractivity contribution in [1.29, 1.82) is 0 Å². The first kappa shape index (κ1) is 9.93. The van der Waals surface area contributed by atoms with E-state index in [2.05, 4.69) is 5.32 Å². The Bertz CT molecular complexity index is 317. The topological polar surface area (TPSA) is 12.0 Å². The molecule has 2 rings (SSSR count). The normalized spacial score (nSPS) is 20.1. The van der Waals surface area contributed by atoms with Gasteiger partial charge < -0.3 is 5.32 Å². The lowest BCUT2D eigenvalue weighted by atomic mass is 10.1. The van der Waals surface area contributed by atoms with E-state index in [1.165, 1.54) is 4.90 Å². The van der Waals surface area contributed by atoms with E-state index in [0.717, 1.165) is 11.3 Å². The fraction of sp³-hybridized carbons (Fsp3) is 0.400. The highest BCUT2D eigenvalue weighted by Gasteiger charge is 2.22. The molecule has 14 heavy (non-hydrogen) atoms. The van der Waals surface area contributed by atoms with E-state index < -0.39 is 6.43 Å². The number of alkyl halides is 2. The summed E-state index contributed by atoms with van der Waals surface area (Å²) >= 11 is 1.72. The number of fused-ring (bicyclic) bond motifs is 1. The van der Waals surface area contributed by atoms with Crippen LogP contribution >= 0.6 is 11.8 Å². The zero-order chi connectivity index (χ0) is 9.97. The summed E-state index contributed by atoms with van der Waals surface area (Å²) in [4.78, 5) is 1.21. The molecule has 0 saturated carbocycles. The van der Waals surface area contributed by atoms with Gasteiger partial charge in [0.1, 0.15) is 0 Å². The van der Waals surface area contributed by atoms with E-state index >= 15 is 0 Å². The van der Waals surface area contributed by atoms with Crippen LogP contribution in [0.25, 0.3) is 0 Å². The number of nitrogens with one attached hydrogen (secondary N) is 1. The summed E-state index contributed by atoms with van der Waals surface area (Å²) in [5.74, 6) is 0.853. The Balaban J connectivity index is 2.03. The Kier molecular flexibility index (Phi) is 3.03. The molecule has 0 radical (unpaired) electrons. The average molecular weight is 215 g/mol. The largest absolute Gasteiger partial charge is 0.304 e. The lowest BCUT2D eigenvalue weighted by molar-refractivity contribution is 0.142. The smallest absolute Gasteiger partial charge is 0.250 e. The standard InChI is InChI=1S/C10H11F2NS/c11-10(12)5-13-8-6-14-9-4-2-1-3-7(8)9/h1-4,8,10,13H,5-6H2. The first-order chi connectivity index (χ1) is 6.77. The lowest BCUT2D eigenvalue weighted by Crippen LogP contribution is -2.26. The number of rotatable bonds is 3. The molecule has 1 aromatic rings. The maximum atomic E-state index is 12.0. The number of hydrogen-bond acceptors (Lipinski definition) is 2. The molecule has 1 N–H and O–H groups in total. The van der Waals surface area contributed by atoms with Crippen LogP contribution in [0.4, 0.5) is 8.78 Å². The van der Waals surface area contributed by atoms with Gasteiger partial charge in [-0.3, -0.25) is 0 Å². The first-order valence-electron chi connectivity index (χ1n) is 4.50. The molecule has 0 amide bonds. The molecular formula is C10H11F2NS. The molecule has 76 valence electrons. The molecule has 0 saturated heterocycles. The third-order valence-electron chi connectivity index (χ3n) is 2.22. The van der Waals surface area contributed by atoms with E-state index in [0.29, 0.717) is 0 Å². The number of halogens is 2. The molecule has 0 spiro atoms. The van der Waals surface area contributed by atoms with Gasteiger partial charge in [-0.2, -0.15) is 0 Å². The van der Waals surface area contributed by atoms with Crippen LogP contribution in [0.15, 0.2) is 29.2 Å². The van der Waals surface area contributed by atoms with Crippen LogP contribution in [0.1, 0.15) is 11.6 Å². The average Bonchev–Trinajstić information content (AvgIpc) is 2.58. The van der Waals surface area contributed by atoms with Crippen molar-refractivity contribution in [1.82, 2.24) is 5.32 Å². The summed E-state index contributed by atoms with van der Waals surface area (Å²) in [6.45, 7) is -0.223. The molecule has 1 nitrogen and oxygen atoms in total. The molecular weight excluding hydrogens is 204 g/mol. The predicted molar refractivity (Wildman–Crippen MR) is 53.9 cm³/mol. The van der Waals surface area contributed by atoms with Crippen molar-refractivity contribution in [3.8, 4) is 0 Å². The monoisotopic (exact) mass is 215 g/mol. The van der Waals surface area contributed by atoms with Crippen molar-refractivity contribution in [2.45, 2.75) is 17.4 Å². The van der Waals surface area contributed by atoms with Crippen molar-refractivity contribution >= 4 is 11.8 Å². The highest BCUT2D eigenvalue weighted by atomic mass is 32.2. The third kappa shape index (κ3) is 2.07. The Hall–Kier alpha value is -0.610. The Morgan fingerprint density at radius 3 is 3.00 bits per heavy atom. The summed E-state index contributed by atoms with van der Waals surface area (Å²) in [6.07, 6.45) is -2.27. The second-order valence-electron chi connectivity index (χ2n) is 3.20. The second kappa shape index (κ2) is 4.28. The van der Waals surface area contributed by atoms with Crippen molar-refractivity contribution in [3.05, 3.63) is 29.8 Å². The predicted octanol–water partition coefficient (Wildman–Crippen LogP) is 2.69. The summed E-state index contributed by atoms with van der Waals surface area (Å²) in [5, 5.41) is 2.87. The number of hydrogen-bond donors (Lipinski definition) is 1. The van der Waals surface area contributed by atoms with E-state index in [1.807, 2.05) is 24.3 Å². The molecule has 1 aliphatic heterocycles. The van der Waals surface area contributed by atoms with Gasteiger partial charge in [-0.1, -0.05) is 18.2 Å². The number of benzene rings is 1. The van der Waals surface area contributed by atoms with E-state index in [1.54, 1.807) is 11.8 Å². The van der Waals surface area contributed by atoms with Gasteiger partial charge in [0.25, 0.3) is 6.43 Å². The van der Waals surface area contributed by atoms with Crippen LogP contribution in [0.2, 0.25) is 0 Å². The molecule has 1 atom stereocenters. The van der Waals surface area contributed by atoms with Crippen molar-refractivity contribution in [2.75, 3.05) is 12.3 Å². The zero-order valence-corrected chi connectivity index (χ0v) is 8.36. The number of thioether (sulfide) groups is 1. The van der Waals surface area contributed by atoms with Crippen molar-refractivity contribution < 1.29 is 8.78 Å². The highest BCUT2D eigenvalue weighted by Crippen LogP contribution is 2.37.